The monoisotopic (exact) mass is 415 g/mol. The summed E-state index contributed by atoms with van der Waals surface area (Å²) in [6.07, 6.45) is -3.33. The van der Waals surface area contributed by atoms with Gasteiger partial charge in [-0.05, 0) is 13.0 Å². The first-order valence-corrected chi connectivity index (χ1v) is 9.24. The van der Waals surface area contributed by atoms with E-state index in [1.165, 1.54) is 20.3 Å². The molecule has 0 spiro atoms. The van der Waals surface area contributed by atoms with E-state index in [1.807, 2.05) is 0 Å². The normalized spacial score (nSPS) is 12.8. The molecule has 11 heteroatoms. The van der Waals surface area contributed by atoms with Crippen LogP contribution in [-0.4, -0.2) is 40.1 Å². The number of nitrogens with zero attached hydrogens (tertiary/aromatic N) is 2. The Morgan fingerprint density at radius 1 is 1.14 bits per heavy atom. The van der Waals surface area contributed by atoms with Gasteiger partial charge in [-0.15, -0.1) is 13.2 Å². The minimum Gasteiger partial charge on any atom is -0.609 e. The predicted octanol–water partition coefficient (Wildman–Crippen LogP) is 3.49. The van der Waals surface area contributed by atoms with Gasteiger partial charge in [-0.3, -0.25) is 9.97 Å². The fraction of sp³-hybridized carbons (Fsp3) is 0.294. The Morgan fingerprint density at radius 2 is 1.86 bits per heavy atom. The van der Waals surface area contributed by atoms with Crippen molar-refractivity contribution in [2.75, 3.05) is 14.2 Å². The van der Waals surface area contributed by atoms with Gasteiger partial charge in [-0.1, -0.05) is 0 Å². The summed E-state index contributed by atoms with van der Waals surface area (Å²) in [5.74, 6) is 0.0179. The van der Waals surface area contributed by atoms with E-state index in [0.717, 1.165) is 11.6 Å². The SMILES string of the molecule is COc1cc2nc([S+]([O-])Cc3nccc(OC)c3C)[nH]c2cc1OC(F)(F)F. The molecule has 7 nitrogen and oxygen atoms in total. The lowest BCUT2D eigenvalue weighted by atomic mass is 10.2. The number of aromatic nitrogens is 3. The third-order valence-corrected chi connectivity index (χ3v) is 5.09. The summed E-state index contributed by atoms with van der Waals surface area (Å²) in [5.41, 5.74) is 1.84. The summed E-state index contributed by atoms with van der Waals surface area (Å²) in [6, 6.07) is 4.07. The van der Waals surface area contributed by atoms with Gasteiger partial charge in [0.05, 0.1) is 30.9 Å². The van der Waals surface area contributed by atoms with Crippen molar-refractivity contribution in [3.63, 3.8) is 0 Å². The van der Waals surface area contributed by atoms with E-state index in [9.17, 15) is 17.7 Å². The molecular weight excluding hydrogens is 399 g/mol. The van der Waals surface area contributed by atoms with E-state index >= 15 is 0 Å². The fourth-order valence-corrected chi connectivity index (χ4v) is 3.68. The Hall–Kier alpha value is -2.66. The molecule has 1 atom stereocenters. The number of pyridine rings is 1. The molecule has 0 amide bonds. The first-order chi connectivity index (χ1) is 13.2. The molecule has 150 valence electrons. The quantitative estimate of drug-likeness (QED) is 0.620. The highest BCUT2D eigenvalue weighted by molar-refractivity contribution is 7.90. The Morgan fingerprint density at radius 3 is 2.50 bits per heavy atom. The lowest BCUT2D eigenvalue weighted by Gasteiger charge is -2.12. The number of methoxy groups -OCH3 is 2. The minimum atomic E-state index is -4.87. The number of imidazole rings is 1. The molecule has 0 saturated carbocycles. The zero-order valence-electron chi connectivity index (χ0n) is 15.1. The Bertz CT molecular complexity index is 994. The van der Waals surface area contributed by atoms with Crippen molar-refractivity contribution in [3.05, 3.63) is 35.7 Å². The number of rotatable bonds is 6. The van der Waals surface area contributed by atoms with Gasteiger partial charge in [0.25, 0.3) is 0 Å². The first-order valence-electron chi connectivity index (χ1n) is 7.92. The van der Waals surface area contributed by atoms with Gasteiger partial charge in [0.2, 0.25) is 0 Å². The highest BCUT2D eigenvalue weighted by Crippen LogP contribution is 2.35. The van der Waals surface area contributed by atoms with Gasteiger partial charge in [-0.2, -0.15) is 4.98 Å². The van der Waals surface area contributed by atoms with Crippen LogP contribution in [0.3, 0.4) is 0 Å². The number of hydrogen-bond acceptors (Lipinski definition) is 6. The van der Waals surface area contributed by atoms with Gasteiger partial charge in [0.1, 0.15) is 5.75 Å². The van der Waals surface area contributed by atoms with Crippen LogP contribution in [-0.2, 0) is 16.9 Å². The summed E-state index contributed by atoms with van der Waals surface area (Å²) in [7, 11) is 2.74. The van der Waals surface area contributed by atoms with Crippen molar-refractivity contribution in [2.24, 2.45) is 0 Å². The number of aromatic amines is 1. The summed E-state index contributed by atoms with van der Waals surface area (Å²) in [6.45, 7) is 1.79. The molecule has 2 heterocycles. The molecule has 0 saturated heterocycles. The fourth-order valence-electron chi connectivity index (χ4n) is 2.58. The van der Waals surface area contributed by atoms with Gasteiger partial charge < -0.3 is 18.8 Å². The number of ether oxygens (including phenoxy) is 3. The maximum atomic E-state index is 12.7. The van der Waals surface area contributed by atoms with Crippen LogP contribution in [0.15, 0.2) is 29.6 Å². The Balaban J connectivity index is 1.91. The summed E-state index contributed by atoms with van der Waals surface area (Å²) < 4.78 is 64.5. The number of nitrogens with one attached hydrogen (secondary N) is 1. The molecule has 3 aromatic rings. The van der Waals surface area contributed by atoms with E-state index < -0.39 is 23.3 Å². The van der Waals surface area contributed by atoms with Gasteiger partial charge >= 0.3 is 11.5 Å². The van der Waals surface area contributed by atoms with E-state index in [4.69, 9.17) is 9.47 Å². The molecule has 1 unspecified atom stereocenters. The smallest absolute Gasteiger partial charge is 0.573 e. The van der Waals surface area contributed by atoms with Crippen LogP contribution in [0.2, 0.25) is 0 Å². The van der Waals surface area contributed by atoms with E-state index in [0.29, 0.717) is 17.0 Å². The van der Waals surface area contributed by atoms with Gasteiger partial charge in [-0.25, -0.2) is 0 Å². The predicted molar refractivity (Wildman–Crippen MR) is 95.0 cm³/mol. The van der Waals surface area contributed by atoms with Crippen LogP contribution in [0.1, 0.15) is 11.3 Å². The number of hydrogen-bond donors (Lipinski definition) is 1. The van der Waals surface area contributed by atoms with Crippen LogP contribution in [0.4, 0.5) is 13.2 Å². The van der Waals surface area contributed by atoms with Crippen molar-refractivity contribution in [1.29, 1.82) is 0 Å². The summed E-state index contributed by atoms with van der Waals surface area (Å²) in [5, 5.41) is 0.102. The van der Waals surface area contributed by atoms with E-state index in [2.05, 4.69) is 19.7 Å². The molecule has 0 bridgehead atoms. The van der Waals surface area contributed by atoms with Gasteiger partial charge in [0.15, 0.2) is 17.3 Å². The van der Waals surface area contributed by atoms with Crippen molar-refractivity contribution in [1.82, 2.24) is 15.0 Å². The van der Waals surface area contributed by atoms with Crippen LogP contribution >= 0.6 is 0 Å². The summed E-state index contributed by atoms with van der Waals surface area (Å²) >= 11 is -1.61. The Kier molecular flexibility index (Phi) is 5.57. The standard InChI is InChI=1S/C17H16F3N3O4S/c1-9-12(21-5-4-13(9)25-2)8-28(24)16-22-10-6-14(26-3)15(7-11(10)23-16)27-17(18,19)20/h4-7H,8H2,1-3H3,(H,22,23). The molecule has 0 fully saturated rings. The van der Waals surface area contributed by atoms with Crippen LogP contribution in [0.5, 0.6) is 17.2 Å². The van der Waals surface area contributed by atoms with Crippen molar-refractivity contribution >= 4 is 22.2 Å². The van der Waals surface area contributed by atoms with E-state index in [-0.39, 0.29) is 22.2 Å². The minimum absolute atomic E-state index is 0.0614. The topological polar surface area (TPSA) is 92.3 Å². The number of halogens is 3. The molecule has 0 aliphatic carbocycles. The largest absolute Gasteiger partial charge is 0.609 e. The third kappa shape index (κ3) is 4.25. The second-order valence-corrected chi connectivity index (χ2v) is 7.05. The number of H-pyrrole nitrogens is 1. The average molecular weight is 415 g/mol. The molecule has 0 radical (unpaired) electrons. The van der Waals surface area contributed by atoms with Gasteiger partial charge in [0, 0.05) is 35.1 Å². The van der Waals surface area contributed by atoms with E-state index in [1.54, 1.807) is 19.2 Å². The lowest BCUT2D eigenvalue weighted by Crippen LogP contribution is -2.17. The van der Waals surface area contributed by atoms with Crippen molar-refractivity contribution in [3.8, 4) is 17.2 Å². The summed E-state index contributed by atoms with van der Waals surface area (Å²) in [4.78, 5) is 11.2. The molecule has 28 heavy (non-hydrogen) atoms. The highest BCUT2D eigenvalue weighted by atomic mass is 32.2. The molecule has 1 aromatic carbocycles. The van der Waals surface area contributed by atoms with Crippen molar-refractivity contribution in [2.45, 2.75) is 24.2 Å². The van der Waals surface area contributed by atoms with Crippen LogP contribution in [0, 0.1) is 6.92 Å². The maximum absolute atomic E-state index is 12.7. The number of benzene rings is 1. The zero-order chi connectivity index (χ0) is 20.5. The molecule has 0 aliphatic rings. The zero-order valence-corrected chi connectivity index (χ0v) is 15.9. The number of fused-ring (bicyclic) bond motifs is 1. The molecular formula is C17H16F3N3O4S. The number of alkyl halides is 3. The van der Waals surface area contributed by atoms with Crippen molar-refractivity contribution < 1.29 is 31.9 Å². The van der Waals surface area contributed by atoms with Crippen LogP contribution < -0.4 is 14.2 Å². The second kappa shape index (κ2) is 7.76. The highest BCUT2D eigenvalue weighted by Gasteiger charge is 2.33. The lowest BCUT2D eigenvalue weighted by molar-refractivity contribution is -0.275. The molecule has 1 N–H and O–H groups in total. The second-order valence-electron chi connectivity index (χ2n) is 5.68. The first kappa shape index (κ1) is 20.1. The third-order valence-electron chi connectivity index (χ3n) is 3.93. The Labute approximate surface area is 161 Å². The molecule has 2 aromatic heterocycles. The molecule has 3 rings (SSSR count). The van der Waals surface area contributed by atoms with Crippen LogP contribution in [0.25, 0.3) is 11.0 Å². The maximum Gasteiger partial charge on any atom is 0.573 e. The average Bonchev–Trinajstić information content (AvgIpc) is 3.04. The molecule has 0 aliphatic heterocycles.